The molecule has 0 unspecified atom stereocenters. The fourth-order valence-corrected chi connectivity index (χ4v) is 2.84. The smallest absolute Gasteiger partial charge is 0.324 e. The summed E-state index contributed by atoms with van der Waals surface area (Å²) in [5.41, 5.74) is -1.49. The van der Waals surface area contributed by atoms with Crippen molar-refractivity contribution in [2.75, 3.05) is 6.26 Å². The number of aliphatic carboxylic acids is 1. The molecule has 0 heterocycles. The SMILES string of the molecule is CS(=O)(=O)[C@@H]1CC[C@](C#N)(C(=O)O)C1. The Hall–Kier alpha value is -1.09. The summed E-state index contributed by atoms with van der Waals surface area (Å²) in [7, 11) is -3.23. The normalized spacial score (nSPS) is 32.4. The van der Waals surface area contributed by atoms with Crippen molar-refractivity contribution in [1.82, 2.24) is 0 Å². The lowest BCUT2D eigenvalue weighted by Gasteiger charge is -2.13. The summed E-state index contributed by atoms with van der Waals surface area (Å²) in [6.45, 7) is 0. The quantitative estimate of drug-likeness (QED) is 0.711. The number of rotatable bonds is 2. The average molecular weight is 217 g/mol. The van der Waals surface area contributed by atoms with Crippen LogP contribution in [0.1, 0.15) is 19.3 Å². The van der Waals surface area contributed by atoms with E-state index in [0.29, 0.717) is 0 Å². The molecule has 1 aliphatic rings. The number of carbonyl (C=O) groups is 1. The van der Waals surface area contributed by atoms with Crippen molar-refractivity contribution in [3.8, 4) is 6.07 Å². The predicted octanol–water partition coefficient (Wildman–Crippen LogP) is 0.178. The maximum absolute atomic E-state index is 11.2. The van der Waals surface area contributed by atoms with Gasteiger partial charge in [-0.1, -0.05) is 0 Å². The number of carboxylic acid groups (broad SMARTS) is 1. The third kappa shape index (κ3) is 1.73. The summed E-state index contributed by atoms with van der Waals surface area (Å²) in [6.07, 6.45) is 1.37. The zero-order valence-corrected chi connectivity index (χ0v) is 8.54. The molecule has 0 amide bonds. The number of nitrogens with zero attached hydrogens (tertiary/aromatic N) is 1. The second-order valence-electron chi connectivity index (χ2n) is 3.69. The highest BCUT2D eigenvalue weighted by atomic mass is 32.2. The molecule has 0 aromatic carbocycles. The van der Waals surface area contributed by atoms with Gasteiger partial charge in [0.15, 0.2) is 5.41 Å². The van der Waals surface area contributed by atoms with E-state index in [9.17, 15) is 13.2 Å². The van der Waals surface area contributed by atoms with Gasteiger partial charge >= 0.3 is 5.97 Å². The van der Waals surface area contributed by atoms with Crippen LogP contribution < -0.4 is 0 Å². The van der Waals surface area contributed by atoms with Crippen molar-refractivity contribution >= 4 is 15.8 Å². The molecule has 6 heteroatoms. The van der Waals surface area contributed by atoms with Crippen LogP contribution in [-0.4, -0.2) is 31.0 Å². The van der Waals surface area contributed by atoms with Gasteiger partial charge in [0.25, 0.3) is 0 Å². The van der Waals surface area contributed by atoms with Crippen molar-refractivity contribution in [3.05, 3.63) is 0 Å². The molecule has 78 valence electrons. The van der Waals surface area contributed by atoms with Gasteiger partial charge in [0.2, 0.25) is 0 Å². The maximum atomic E-state index is 11.2. The Labute approximate surface area is 82.3 Å². The number of sulfone groups is 1. The number of carboxylic acids is 1. The van der Waals surface area contributed by atoms with Crippen LogP contribution in [0.2, 0.25) is 0 Å². The summed E-state index contributed by atoms with van der Waals surface area (Å²) in [4.78, 5) is 10.8. The van der Waals surface area contributed by atoms with E-state index >= 15 is 0 Å². The molecule has 0 saturated heterocycles. The first-order valence-corrected chi connectivity index (χ1v) is 6.11. The van der Waals surface area contributed by atoms with Gasteiger partial charge in [-0.25, -0.2) is 8.42 Å². The molecule has 1 saturated carbocycles. The Morgan fingerprint density at radius 1 is 1.64 bits per heavy atom. The first-order chi connectivity index (χ1) is 6.32. The van der Waals surface area contributed by atoms with Crippen LogP contribution in [0, 0.1) is 16.7 Å². The van der Waals surface area contributed by atoms with Crippen LogP contribution in [0.3, 0.4) is 0 Å². The van der Waals surface area contributed by atoms with Crippen molar-refractivity contribution in [1.29, 1.82) is 5.26 Å². The van der Waals surface area contributed by atoms with Gasteiger partial charge in [-0.05, 0) is 19.3 Å². The standard InChI is InChI=1S/C8H11NO4S/c1-14(12,13)6-2-3-8(4-6,5-9)7(10)11/h6H,2-4H2,1H3,(H,10,11)/t6-,8+/m1/s1. The van der Waals surface area contributed by atoms with Crippen LogP contribution in [0.4, 0.5) is 0 Å². The molecular weight excluding hydrogens is 206 g/mol. The molecule has 1 fully saturated rings. The molecule has 0 aliphatic heterocycles. The van der Waals surface area contributed by atoms with Crippen LogP contribution >= 0.6 is 0 Å². The lowest BCUT2D eigenvalue weighted by atomic mass is 9.88. The zero-order valence-electron chi connectivity index (χ0n) is 7.73. The molecule has 14 heavy (non-hydrogen) atoms. The van der Waals surface area contributed by atoms with Gasteiger partial charge in [0.1, 0.15) is 9.84 Å². The Morgan fingerprint density at radius 3 is 2.43 bits per heavy atom. The summed E-state index contributed by atoms with van der Waals surface area (Å²) in [5.74, 6) is -1.22. The van der Waals surface area contributed by atoms with Crippen LogP contribution in [0.15, 0.2) is 0 Å². The van der Waals surface area contributed by atoms with E-state index in [1.165, 1.54) is 0 Å². The molecule has 2 atom stereocenters. The highest BCUT2D eigenvalue weighted by molar-refractivity contribution is 7.91. The number of hydrogen-bond donors (Lipinski definition) is 1. The first kappa shape index (κ1) is 11.0. The lowest BCUT2D eigenvalue weighted by molar-refractivity contribution is -0.145. The first-order valence-electron chi connectivity index (χ1n) is 4.15. The van der Waals surface area contributed by atoms with Crippen molar-refractivity contribution in [2.45, 2.75) is 24.5 Å². The molecule has 5 nitrogen and oxygen atoms in total. The average Bonchev–Trinajstić information content (AvgIpc) is 2.47. The molecular formula is C8H11NO4S. The maximum Gasteiger partial charge on any atom is 0.324 e. The zero-order chi connectivity index (χ0) is 11.0. The molecule has 0 radical (unpaired) electrons. The van der Waals surface area contributed by atoms with Gasteiger partial charge in [-0.2, -0.15) is 5.26 Å². The Morgan fingerprint density at radius 2 is 2.21 bits per heavy atom. The third-order valence-corrected chi connectivity index (χ3v) is 4.31. The minimum atomic E-state index is -3.23. The third-order valence-electron chi connectivity index (χ3n) is 2.70. The molecule has 1 rings (SSSR count). The Kier molecular flexibility index (Phi) is 2.54. The van der Waals surface area contributed by atoms with Crippen molar-refractivity contribution in [2.24, 2.45) is 5.41 Å². The van der Waals surface area contributed by atoms with Crippen molar-refractivity contribution < 1.29 is 18.3 Å². The van der Waals surface area contributed by atoms with Crippen LogP contribution in [0.25, 0.3) is 0 Å². The van der Waals surface area contributed by atoms with Gasteiger partial charge in [-0.15, -0.1) is 0 Å². The summed E-state index contributed by atoms with van der Waals surface area (Å²) in [5, 5.41) is 16.9. The van der Waals surface area contributed by atoms with E-state index in [-0.39, 0.29) is 19.3 Å². The Bertz CT molecular complexity index is 394. The topological polar surface area (TPSA) is 95.2 Å². The number of hydrogen-bond acceptors (Lipinski definition) is 4. The minimum absolute atomic E-state index is 0.0856. The summed E-state index contributed by atoms with van der Waals surface area (Å²) in [6, 6.07) is 1.71. The molecule has 0 aromatic rings. The van der Waals surface area contributed by atoms with Crippen molar-refractivity contribution in [3.63, 3.8) is 0 Å². The fraction of sp³-hybridized carbons (Fsp3) is 0.750. The molecule has 1 N–H and O–H groups in total. The molecule has 0 spiro atoms. The summed E-state index contributed by atoms with van der Waals surface area (Å²) >= 11 is 0. The van der Waals surface area contributed by atoms with E-state index in [2.05, 4.69) is 0 Å². The van der Waals surface area contributed by atoms with Crippen LogP contribution in [0.5, 0.6) is 0 Å². The fourth-order valence-electron chi connectivity index (χ4n) is 1.71. The van der Waals surface area contributed by atoms with Crippen LogP contribution in [-0.2, 0) is 14.6 Å². The number of nitriles is 1. The van der Waals surface area contributed by atoms with E-state index < -0.39 is 26.5 Å². The molecule has 0 aromatic heterocycles. The van der Waals surface area contributed by atoms with E-state index in [1.807, 2.05) is 0 Å². The Balaban J connectivity index is 2.94. The highest BCUT2D eigenvalue weighted by Crippen LogP contribution is 2.40. The summed E-state index contributed by atoms with van der Waals surface area (Å²) < 4.78 is 22.3. The van der Waals surface area contributed by atoms with Gasteiger partial charge < -0.3 is 5.11 Å². The van der Waals surface area contributed by atoms with E-state index in [4.69, 9.17) is 10.4 Å². The highest BCUT2D eigenvalue weighted by Gasteiger charge is 2.48. The second kappa shape index (κ2) is 3.24. The second-order valence-corrected chi connectivity index (χ2v) is 6.02. The van der Waals surface area contributed by atoms with Gasteiger partial charge in [-0.3, -0.25) is 4.79 Å². The minimum Gasteiger partial charge on any atom is -0.480 e. The largest absolute Gasteiger partial charge is 0.480 e. The lowest BCUT2D eigenvalue weighted by Crippen LogP contribution is -2.28. The molecule has 0 bridgehead atoms. The van der Waals surface area contributed by atoms with E-state index in [0.717, 1.165) is 6.26 Å². The predicted molar refractivity (Wildman–Crippen MR) is 48.2 cm³/mol. The molecule has 1 aliphatic carbocycles. The van der Waals surface area contributed by atoms with E-state index in [1.54, 1.807) is 6.07 Å². The van der Waals surface area contributed by atoms with Gasteiger partial charge in [0, 0.05) is 6.26 Å². The monoisotopic (exact) mass is 217 g/mol. The van der Waals surface area contributed by atoms with Gasteiger partial charge in [0.05, 0.1) is 11.3 Å².